The van der Waals surface area contributed by atoms with E-state index in [0.717, 1.165) is 11.3 Å². The van der Waals surface area contributed by atoms with Crippen LogP contribution >= 0.6 is 11.6 Å². The fourth-order valence-electron chi connectivity index (χ4n) is 1.66. The lowest BCUT2D eigenvalue weighted by Crippen LogP contribution is -2.21. The molecular formula is C10H10ClNO. The lowest BCUT2D eigenvalue weighted by Gasteiger charge is -2.23. The summed E-state index contributed by atoms with van der Waals surface area (Å²) >= 11 is 5.96. The van der Waals surface area contributed by atoms with Crippen molar-refractivity contribution in [2.75, 3.05) is 5.32 Å². The second-order valence-corrected chi connectivity index (χ2v) is 3.76. The van der Waals surface area contributed by atoms with E-state index < -0.39 is 0 Å². The maximum Gasteiger partial charge on any atom is 0.225 e. The highest BCUT2D eigenvalue weighted by atomic mass is 35.5. The van der Waals surface area contributed by atoms with Gasteiger partial charge in [-0.1, -0.05) is 30.7 Å². The number of halogens is 1. The van der Waals surface area contributed by atoms with Crippen LogP contribution < -0.4 is 5.32 Å². The maximum atomic E-state index is 11.2. The van der Waals surface area contributed by atoms with E-state index >= 15 is 0 Å². The molecule has 1 unspecified atom stereocenters. The van der Waals surface area contributed by atoms with Gasteiger partial charge in [0.25, 0.3) is 0 Å². The number of amides is 1. The summed E-state index contributed by atoms with van der Waals surface area (Å²) in [6.07, 6.45) is 0.549. The second-order valence-electron chi connectivity index (χ2n) is 3.36. The topological polar surface area (TPSA) is 29.1 Å². The number of carbonyl (C=O) groups excluding carboxylic acids is 1. The molecule has 1 aliphatic heterocycles. The molecule has 1 atom stereocenters. The molecule has 2 nitrogen and oxygen atoms in total. The van der Waals surface area contributed by atoms with E-state index in [1.165, 1.54) is 0 Å². The summed E-state index contributed by atoms with van der Waals surface area (Å²) in [6.45, 7) is 2.04. The molecule has 13 heavy (non-hydrogen) atoms. The van der Waals surface area contributed by atoms with E-state index in [9.17, 15) is 4.79 Å². The number of anilines is 1. The minimum Gasteiger partial charge on any atom is -0.325 e. The predicted octanol–water partition coefficient (Wildman–Crippen LogP) is 2.79. The highest BCUT2D eigenvalue weighted by molar-refractivity contribution is 6.34. The Balaban J connectivity index is 2.54. The van der Waals surface area contributed by atoms with Gasteiger partial charge in [0, 0.05) is 6.42 Å². The standard InChI is InChI=1S/C10H10ClNO/c1-6-5-9(13)12-10-7(6)3-2-4-8(10)11/h2-4,6H,5H2,1H3,(H,12,13). The predicted molar refractivity (Wildman–Crippen MR) is 53.1 cm³/mol. The molecule has 1 aliphatic rings. The monoisotopic (exact) mass is 195 g/mol. The molecule has 2 rings (SSSR count). The van der Waals surface area contributed by atoms with Crippen molar-refractivity contribution in [1.29, 1.82) is 0 Å². The summed E-state index contributed by atoms with van der Waals surface area (Å²) in [4.78, 5) is 11.2. The van der Waals surface area contributed by atoms with Gasteiger partial charge in [-0.25, -0.2) is 0 Å². The van der Waals surface area contributed by atoms with Crippen molar-refractivity contribution in [2.45, 2.75) is 19.3 Å². The average molecular weight is 196 g/mol. The van der Waals surface area contributed by atoms with Gasteiger partial charge in [-0.3, -0.25) is 4.79 Å². The minimum absolute atomic E-state index is 0.0492. The Kier molecular flexibility index (Phi) is 2.00. The summed E-state index contributed by atoms with van der Waals surface area (Å²) < 4.78 is 0. The molecule has 0 fully saturated rings. The number of para-hydroxylation sites is 1. The molecule has 0 spiro atoms. The summed E-state index contributed by atoms with van der Waals surface area (Å²) in [5, 5.41) is 3.41. The van der Waals surface area contributed by atoms with Crippen molar-refractivity contribution in [2.24, 2.45) is 0 Å². The smallest absolute Gasteiger partial charge is 0.225 e. The molecule has 1 amide bonds. The largest absolute Gasteiger partial charge is 0.325 e. The fraction of sp³-hybridized carbons (Fsp3) is 0.300. The van der Waals surface area contributed by atoms with Crippen molar-refractivity contribution >= 4 is 23.2 Å². The zero-order valence-corrected chi connectivity index (χ0v) is 8.06. The Morgan fingerprint density at radius 1 is 1.54 bits per heavy atom. The SMILES string of the molecule is CC1CC(=O)Nc2c(Cl)cccc21. The first-order chi connectivity index (χ1) is 6.18. The van der Waals surface area contributed by atoms with E-state index in [4.69, 9.17) is 11.6 Å². The second kappa shape index (κ2) is 3.04. The van der Waals surface area contributed by atoms with Crippen molar-refractivity contribution in [3.05, 3.63) is 28.8 Å². The number of hydrogen-bond donors (Lipinski definition) is 1. The van der Waals surface area contributed by atoms with Crippen LogP contribution in [0, 0.1) is 0 Å². The Bertz CT molecular complexity index is 362. The molecule has 1 aromatic rings. The van der Waals surface area contributed by atoms with Crippen LogP contribution in [0.2, 0.25) is 5.02 Å². The molecule has 1 aromatic carbocycles. The third kappa shape index (κ3) is 1.42. The van der Waals surface area contributed by atoms with Gasteiger partial charge in [0.05, 0.1) is 10.7 Å². The zero-order chi connectivity index (χ0) is 9.42. The van der Waals surface area contributed by atoms with Crippen LogP contribution in [0.3, 0.4) is 0 Å². The number of hydrogen-bond acceptors (Lipinski definition) is 1. The Morgan fingerprint density at radius 3 is 3.08 bits per heavy atom. The van der Waals surface area contributed by atoms with Crippen LogP contribution in [-0.2, 0) is 4.79 Å². The van der Waals surface area contributed by atoms with Gasteiger partial charge in [0.15, 0.2) is 0 Å². The van der Waals surface area contributed by atoms with E-state index in [2.05, 4.69) is 5.32 Å². The van der Waals surface area contributed by atoms with Crippen molar-refractivity contribution in [1.82, 2.24) is 0 Å². The van der Waals surface area contributed by atoms with Crippen LogP contribution in [0.25, 0.3) is 0 Å². The van der Waals surface area contributed by atoms with E-state index in [0.29, 0.717) is 11.4 Å². The molecule has 1 heterocycles. The number of rotatable bonds is 0. The number of carbonyl (C=O) groups is 1. The first-order valence-electron chi connectivity index (χ1n) is 4.26. The van der Waals surface area contributed by atoms with E-state index in [1.807, 2.05) is 19.1 Å². The van der Waals surface area contributed by atoms with Crippen LogP contribution in [-0.4, -0.2) is 5.91 Å². The lowest BCUT2D eigenvalue weighted by molar-refractivity contribution is -0.116. The van der Waals surface area contributed by atoms with Crippen molar-refractivity contribution in [3.8, 4) is 0 Å². The van der Waals surface area contributed by atoms with Crippen molar-refractivity contribution < 1.29 is 4.79 Å². The molecule has 0 saturated heterocycles. The quantitative estimate of drug-likeness (QED) is 0.678. The molecule has 0 bridgehead atoms. The first kappa shape index (κ1) is 8.57. The van der Waals surface area contributed by atoms with Crippen LogP contribution in [0.5, 0.6) is 0 Å². The number of fused-ring (bicyclic) bond motifs is 1. The average Bonchev–Trinajstić information content (AvgIpc) is 2.07. The third-order valence-corrected chi connectivity index (χ3v) is 2.65. The fourth-order valence-corrected chi connectivity index (χ4v) is 1.89. The Labute approximate surface area is 81.9 Å². The van der Waals surface area contributed by atoms with Crippen LogP contribution in [0.1, 0.15) is 24.8 Å². The van der Waals surface area contributed by atoms with Crippen LogP contribution in [0.4, 0.5) is 5.69 Å². The van der Waals surface area contributed by atoms with E-state index in [-0.39, 0.29) is 11.8 Å². The molecule has 1 N–H and O–H groups in total. The summed E-state index contributed by atoms with van der Waals surface area (Å²) in [6, 6.07) is 5.71. The molecule has 0 radical (unpaired) electrons. The van der Waals surface area contributed by atoms with Gasteiger partial charge in [-0.05, 0) is 17.5 Å². The highest BCUT2D eigenvalue weighted by Gasteiger charge is 2.22. The molecular weight excluding hydrogens is 186 g/mol. The van der Waals surface area contributed by atoms with Gasteiger partial charge in [-0.2, -0.15) is 0 Å². The normalized spacial score (nSPS) is 20.8. The van der Waals surface area contributed by atoms with Gasteiger partial charge in [0.1, 0.15) is 0 Å². The zero-order valence-electron chi connectivity index (χ0n) is 7.30. The summed E-state index contributed by atoms with van der Waals surface area (Å²) in [5.41, 5.74) is 1.92. The van der Waals surface area contributed by atoms with Gasteiger partial charge in [0.2, 0.25) is 5.91 Å². The summed E-state index contributed by atoms with van der Waals surface area (Å²) in [7, 11) is 0. The molecule has 0 saturated carbocycles. The first-order valence-corrected chi connectivity index (χ1v) is 4.64. The highest BCUT2D eigenvalue weighted by Crippen LogP contribution is 2.36. The van der Waals surface area contributed by atoms with Gasteiger partial charge < -0.3 is 5.32 Å². The Morgan fingerprint density at radius 2 is 2.31 bits per heavy atom. The number of nitrogens with one attached hydrogen (secondary N) is 1. The molecule has 0 aromatic heterocycles. The van der Waals surface area contributed by atoms with E-state index in [1.54, 1.807) is 6.07 Å². The molecule has 0 aliphatic carbocycles. The van der Waals surface area contributed by atoms with Gasteiger partial charge in [-0.15, -0.1) is 0 Å². The molecule has 68 valence electrons. The Hall–Kier alpha value is -1.02. The maximum absolute atomic E-state index is 11.2. The minimum atomic E-state index is 0.0492. The van der Waals surface area contributed by atoms with Crippen molar-refractivity contribution in [3.63, 3.8) is 0 Å². The summed E-state index contributed by atoms with van der Waals surface area (Å²) in [5.74, 6) is 0.315. The van der Waals surface area contributed by atoms with Gasteiger partial charge >= 0.3 is 0 Å². The number of benzene rings is 1. The lowest BCUT2D eigenvalue weighted by atomic mass is 9.92. The van der Waals surface area contributed by atoms with Crippen LogP contribution in [0.15, 0.2) is 18.2 Å². The third-order valence-electron chi connectivity index (χ3n) is 2.33. The molecule has 3 heteroatoms.